The fraction of sp³-hybridized carbons (Fsp3) is 0.286. The molecule has 1 aliphatic heterocycles. The molecule has 0 spiro atoms. The Balaban J connectivity index is 1.65. The Morgan fingerprint density at radius 2 is 1.95 bits per heavy atom. The fourth-order valence-corrected chi connectivity index (χ4v) is 2.41. The molecule has 2 N–H and O–H groups in total. The number of halogens is 1. The van der Waals surface area contributed by atoms with Crippen LogP contribution in [-0.2, 0) is 0 Å². The van der Waals surface area contributed by atoms with E-state index in [1.165, 1.54) is 12.3 Å². The lowest BCUT2D eigenvalue weighted by Gasteiger charge is -2.35. The van der Waals surface area contributed by atoms with Crippen molar-refractivity contribution >= 4 is 17.6 Å². The van der Waals surface area contributed by atoms with E-state index >= 15 is 0 Å². The van der Waals surface area contributed by atoms with Crippen LogP contribution in [0.15, 0.2) is 34.9 Å². The molecule has 21 heavy (non-hydrogen) atoms. The Bertz CT molecular complexity index is 650. The molecule has 1 fully saturated rings. The molecule has 0 unspecified atom stereocenters. The normalized spacial score (nSPS) is 15.3. The number of carbonyl (C=O) groups excluding carboxylic acids is 1. The molecule has 0 bridgehead atoms. The van der Waals surface area contributed by atoms with Gasteiger partial charge in [0.05, 0.1) is 5.69 Å². The summed E-state index contributed by atoms with van der Waals surface area (Å²) in [4.78, 5) is 19.6. The standard InChI is InChI=1S/C14H15FN4O2/c15-10-3-1-2-4-12(10)18-5-7-19(8-6-18)13(20)11-9-21-14(16)17-11/h1-4,9H,5-8H2,(H2,16,17). The SMILES string of the molecule is Nc1nc(C(=O)N2CCN(c3ccccc3F)CC2)co1. The Morgan fingerprint density at radius 1 is 1.24 bits per heavy atom. The molecule has 3 rings (SSSR count). The van der Waals surface area contributed by atoms with Crippen molar-refractivity contribution in [1.29, 1.82) is 0 Å². The average Bonchev–Trinajstić information content (AvgIpc) is 2.94. The number of nitrogens with zero attached hydrogens (tertiary/aromatic N) is 3. The fourth-order valence-electron chi connectivity index (χ4n) is 2.41. The van der Waals surface area contributed by atoms with Crippen LogP contribution in [0.3, 0.4) is 0 Å². The molecule has 2 heterocycles. The number of hydrogen-bond donors (Lipinski definition) is 1. The number of nitrogen functional groups attached to an aromatic ring is 1. The van der Waals surface area contributed by atoms with E-state index in [1.807, 2.05) is 4.90 Å². The zero-order chi connectivity index (χ0) is 14.8. The van der Waals surface area contributed by atoms with Gasteiger partial charge in [0.15, 0.2) is 5.69 Å². The van der Waals surface area contributed by atoms with E-state index in [2.05, 4.69) is 4.98 Å². The van der Waals surface area contributed by atoms with Gasteiger partial charge in [0.25, 0.3) is 11.9 Å². The van der Waals surface area contributed by atoms with E-state index < -0.39 is 0 Å². The van der Waals surface area contributed by atoms with Gasteiger partial charge in [0, 0.05) is 26.2 Å². The maximum atomic E-state index is 13.7. The molecular formula is C14H15FN4O2. The second-order valence-electron chi connectivity index (χ2n) is 4.80. The lowest BCUT2D eigenvalue weighted by Crippen LogP contribution is -2.49. The molecule has 0 radical (unpaired) electrons. The lowest BCUT2D eigenvalue weighted by molar-refractivity contribution is 0.0740. The highest BCUT2D eigenvalue weighted by Crippen LogP contribution is 2.20. The Kier molecular flexibility index (Phi) is 3.47. The summed E-state index contributed by atoms with van der Waals surface area (Å²) in [7, 11) is 0. The number of para-hydroxylation sites is 1. The van der Waals surface area contributed by atoms with Crippen molar-refractivity contribution in [1.82, 2.24) is 9.88 Å². The molecule has 1 aromatic carbocycles. The predicted molar refractivity (Wildman–Crippen MR) is 75.4 cm³/mol. The van der Waals surface area contributed by atoms with Gasteiger partial charge in [-0.2, -0.15) is 4.98 Å². The molecule has 0 atom stereocenters. The number of piperazine rings is 1. The highest BCUT2D eigenvalue weighted by molar-refractivity contribution is 5.92. The summed E-state index contributed by atoms with van der Waals surface area (Å²) in [6.07, 6.45) is 1.25. The van der Waals surface area contributed by atoms with E-state index in [4.69, 9.17) is 10.2 Å². The third kappa shape index (κ3) is 2.67. The van der Waals surface area contributed by atoms with Gasteiger partial charge in [0.2, 0.25) is 0 Å². The highest BCUT2D eigenvalue weighted by atomic mass is 19.1. The van der Waals surface area contributed by atoms with Crippen LogP contribution in [0, 0.1) is 5.82 Å². The zero-order valence-electron chi connectivity index (χ0n) is 11.3. The third-order valence-corrected chi connectivity index (χ3v) is 3.50. The van der Waals surface area contributed by atoms with Crippen LogP contribution in [0.4, 0.5) is 16.1 Å². The maximum absolute atomic E-state index is 13.7. The minimum atomic E-state index is -0.249. The summed E-state index contributed by atoms with van der Waals surface area (Å²) >= 11 is 0. The summed E-state index contributed by atoms with van der Waals surface area (Å²) in [6.45, 7) is 2.14. The van der Waals surface area contributed by atoms with Crippen molar-refractivity contribution in [2.75, 3.05) is 36.8 Å². The number of hydrogen-bond acceptors (Lipinski definition) is 5. The van der Waals surface area contributed by atoms with Crippen LogP contribution < -0.4 is 10.6 Å². The van der Waals surface area contributed by atoms with E-state index in [0.717, 1.165) is 0 Å². The molecule has 2 aromatic rings. The zero-order valence-corrected chi connectivity index (χ0v) is 11.3. The van der Waals surface area contributed by atoms with E-state index in [-0.39, 0.29) is 23.4 Å². The van der Waals surface area contributed by atoms with Gasteiger partial charge in [-0.3, -0.25) is 4.79 Å². The summed E-state index contributed by atoms with van der Waals surface area (Å²) in [5.41, 5.74) is 6.13. The second kappa shape index (κ2) is 5.43. The van der Waals surface area contributed by atoms with Crippen molar-refractivity contribution in [3.05, 3.63) is 42.0 Å². The lowest BCUT2D eigenvalue weighted by atomic mass is 10.2. The first kappa shape index (κ1) is 13.4. The number of aromatic nitrogens is 1. The first-order chi connectivity index (χ1) is 10.1. The van der Waals surface area contributed by atoms with Gasteiger partial charge in [-0.05, 0) is 12.1 Å². The van der Waals surface area contributed by atoms with E-state index in [1.54, 1.807) is 23.1 Å². The summed E-state index contributed by atoms with van der Waals surface area (Å²) < 4.78 is 18.6. The number of anilines is 2. The molecule has 6 nitrogen and oxygen atoms in total. The number of nitrogens with two attached hydrogens (primary N) is 1. The van der Waals surface area contributed by atoms with Crippen LogP contribution in [-0.4, -0.2) is 42.0 Å². The summed E-state index contributed by atoms with van der Waals surface area (Å²) in [5.74, 6) is -0.467. The van der Waals surface area contributed by atoms with Gasteiger partial charge in [-0.25, -0.2) is 4.39 Å². The summed E-state index contributed by atoms with van der Waals surface area (Å²) in [5, 5.41) is 0. The van der Waals surface area contributed by atoms with Crippen LogP contribution in [0.2, 0.25) is 0 Å². The largest absolute Gasteiger partial charge is 0.431 e. The molecule has 0 aliphatic carbocycles. The number of carbonyl (C=O) groups is 1. The summed E-state index contributed by atoms with van der Waals surface area (Å²) in [6, 6.07) is 6.61. The number of oxazole rings is 1. The Morgan fingerprint density at radius 3 is 2.57 bits per heavy atom. The van der Waals surface area contributed by atoms with Crippen molar-refractivity contribution < 1.29 is 13.6 Å². The smallest absolute Gasteiger partial charge is 0.292 e. The minimum absolute atomic E-state index is 0.0247. The van der Waals surface area contributed by atoms with Crippen LogP contribution >= 0.6 is 0 Å². The molecule has 1 amide bonds. The minimum Gasteiger partial charge on any atom is -0.431 e. The highest BCUT2D eigenvalue weighted by Gasteiger charge is 2.25. The van der Waals surface area contributed by atoms with Gasteiger partial charge in [-0.15, -0.1) is 0 Å². The quantitative estimate of drug-likeness (QED) is 0.903. The Hall–Kier alpha value is -2.57. The molecule has 1 aromatic heterocycles. The van der Waals surface area contributed by atoms with Gasteiger partial charge < -0.3 is 20.0 Å². The van der Waals surface area contributed by atoms with Crippen LogP contribution in [0.5, 0.6) is 0 Å². The average molecular weight is 290 g/mol. The second-order valence-corrected chi connectivity index (χ2v) is 4.80. The molecule has 1 aliphatic rings. The third-order valence-electron chi connectivity index (χ3n) is 3.50. The van der Waals surface area contributed by atoms with Crippen LogP contribution in [0.1, 0.15) is 10.5 Å². The van der Waals surface area contributed by atoms with Crippen molar-refractivity contribution in [2.45, 2.75) is 0 Å². The molecule has 110 valence electrons. The molecular weight excluding hydrogens is 275 g/mol. The molecule has 1 saturated heterocycles. The van der Waals surface area contributed by atoms with Gasteiger partial charge in [0.1, 0.15) is 12.1 Å². The topological polar surface area (TPSA) is 75.6 Å². The monoisotopic (exact) mass is 290 g/mol. The number of amides is 1. The molecule has 7 heteroatoms. The van der Waals surface area contributed by atoms with Crippen molar-refractivity contribution in [3.63, 3.8) is 0 Å². The Labute approximate surface area is 121 Å². The van der Waals surface area contributed by atoms with Gasteiger partial charge in [-0.1, -0.05) is 12.1 Å². The first-order valence-corrected chi connectivity index (χ1v) is 6.65. The van der Waals surface area contributed by atoms with Crippen LogP contribution in [0.25, 0.3) is 0 Å². The molecule has 0 saturated carbocycles. The number of benzene rings is 1. The van der Waals surface area contributed by atoms with Gasteiger partial charge >= 0.3 is 0 Å². The van der Waals surface area contributed by atoms with E-state index in [0.29, 0.717) is 31.9 Å². The number of rotatable bonds is 2. The van der Waals surface area contributed by atoms with Crippen molar-refractivity contribution in [3.8, 4) is 0 Å². The maximum Gasteiger partial charge on any atom is 0.292 e. The first-order valence-electron chi connectivity index (χ1n) is 6.65. The predicted octanol–water partition coefficient (Wildman–Crippen LogP) is 1.36. The van der Waals surface area contributed by atoms with Crippen molar-refractivity contribution in [2.24, 2.45) is 0 Å². The van der Waals surface area contributed by atoms with E-state index in [9.17, 15) is 9.18 Å².